The number of carboxylic acid groups (broad SMARTS) is 2. The van der Waals surface area contributed by atoms with Gasteiger partial charge in [-0.2, -0.15) is 0 Å². The van der Waals surface area contributed by atoms with Crippen LogP contribution in [-0.2, 0) is 15.1 Å². The molecule has 20 heteroatoms. The molecule has 2 bridgehead atoms. The lowest BCUT2D eigenvalue weighted by atomic mass is 9.79. The smallest absolute Gasteiger partial charge is 0.410 e. The second-order valence-corrected chi connectivity index (χ2v) is 32.0. The molecule has 72 heavy (non-hydrogen) atoms. The van der Waals surface area contributed by atoms with E-state index in [9.17, 15) is 29.7 Å². The maximum absolute atomic E-state index is 13.7. The molecule has 0 radical (unpaired) electrons. The van der Waals surface area contributed by atoms with Gasteiger partial charge >= 0.3 is 12.2 Å². The minimum atomic E-state index is -1.92. The van der Waals surface area contributed by atoms with Crippen molar-refractivity contribution in [3.05, 3.63) is 144 Å². The molecule has 2 aliphatic heterocycles. The summed E-state index contributed by atoms with van der Waals surface area (Å²) in [5.74, 6) is 0.958. The van der Waals surface area contributed by atoms with Crippen molar-refractivity contribution < 1.29 is 48.7 Å². The third-order valence-electron chi connectivity index (χ3n) is 13.5. The van der Waals surface area contributed by atoms with Gasteiger partial charge in [-0.15, -0.1) is 0 Å². The molecule has 0 saturated carbocycles. The predicted molar refractivity (Wildman–Crippen MR) is 277 cm³/mol. The lowest BCUT2D eigenvalue weighted by molar-refractivity contribution is -0.195. The van der Waals surface area contributed by atoms with Crippen LogP contribution >= 0.6 is 0 Å². The number of imidazole rings is 1. The van der Waals surface area contributed by atoms with Gasteiger partial charge in [0.15, 0.2) is 29.5 Å². The Labute approximate surface area is 421 Å². The van der Waals surface area contributed by atoms with E-state index in [1.807, 2.05) is 78.9 Å². The topological polar surface area (TPSA) is 214 Å². The van der Waals surface area contributed by atoms with Crippen LogP contribution in [-0.4, -0.2) is 148 Å². The summed E-state index contributed by atoms with van der Waals surface area (Å²) in [6, 6.07) is 33.3. The van der Waals surface area contributed by atoms with Crippen LogP contribution in [0.5, 0.6) is 11.5 Å². The number of aromatic nitrogens is 4. The number of aliphatic hydroxyl groups is 1. The quantitative estimate of drug-likeness (QED) is 0.0322. The Bertz CT molecular complexity index is 2760. The van der Waals surface area contributed by atoms with Crippen LogP contribution in [0.2, 0.25) is 51.4 Å². The lowest BCUT2D eigenvalue weighted by Gasteiger charge is -2.48. The fourth-order valence-electron chi connectivity index (χ4n) is 9.62. The first kappa shape index (κ1) is 51.7. The Balaban J connectivity index is 1.30. The van der Waals surface area contributed by atoms with Gasteiger partial charge in [0.25, 0.3) is 5.91 Å². The van der Waals surface area contributed by atoms with Gasteiger partial charge in [0.1, 0.15) is 35.1 Å². The molecule has 2 aromatic heterocycles. The summed E-state index contributed by atoms with van der Waals surface area (Å²) in [5, 5.41) is 38.4. The number of aliphatic hydroxyl groups excluding tert-OH is 1. The van der Waals surface area contributed by atoms with Crippen molar-refractivity contribution in [1.82, 2.24) is 34.2 Å². The number of carbonyl (C=O) groups excluding carboxylic acids is 1. The van der Waals surface area contributed by atoms with E-state index in [0.29, 0.717) is 29.2 Å². The van der Waals surface area contributed by atoms with Gasteiger partial charge in [-0.05, 0) is 65.2 Å². The van der Waals surface area contributed by atoms with Crippen LogP contribution in [0.25, 0.3) is 11.2 Å². The van der Waals surface area contributed by atoms with Crippen LogP contribution in [0.15, 0.2) is 122 Å². The Morgan fingerprint density at radius 3 is 1.78 bits per heavy atom. The highest BCUT2D eigenvalue weighted by Crippen LogP contribution is 2.51. The van der Waals surface area contributed by atoms with Crippen LogP contribution in [0.4, 0.5) is 15.4 Å². The summed E-state index contributed by atoms with van der Waals surface area (Å²) in [7, 11) is -0.668. The van der Waals surface area contributed by atoms with E-state index in [1.165, 1.54) is 22.5 Å². The number of benzene rings is 4. The zero-order valence-corrected chi connectivity index (χ0v) is 43.9. The Morgan fingerprint density at radius 2 is 1.28 bits per heavy atom. The molecule has 8 rings (SSSR count). The van der Waals surface area contributed by atoms with Crippen LogP contribution in [0.1, 0.15) is 33.3 Å². The summed E-state index contributed by atoms with van der Waals surface area (Å²) in [6.45, 7) is 12.4. The standard InChI is InChI=1S/C52H64N8O10Si2/c1-67-39-23-19-37(20-24-39)52(36-17-13-10-14-18-36,38-21-25-40(68-2)26-22-38)69-32-51-31-59(48(57(49(63)64)27-29-71(3,4)5)58(50(65)66)28-30-72(6,7)8)42(43(51)61)47(70-51)60-34-55-41-44(53-33-54-45(41)60)56-46(62)35-15-11-9-12-16-35/h9-26,33-34,42-43,47-48,61H,27-32H2,1-8H3,(H,63,64)(H,65,66)(H,53,54,56,62)/t42-,43+,47-,51-/m1/s1. The number of morpholine rings is 1. The molecule has 2 aliphatic rings. The van der Waals surface area contributed by atoms with Crippen LogP contribution in [0, 0.1) is 0 Å². The summed E-state index contributed by atoms with van der Waals surface area (Å²) in [5.41, 5.74) is 0.0413. The summed E-state index contributed by atoms with van der Waals surface area (Å²) in [4.78, 5) is 58.7. The highest BCUT2D eigenvalue weighted by atomic mass is 28.3. The van der Waals surface area contributed by atoms with E-state index >= 15 is 0 Å². The van der Waals surface area contributed by atoms with E-state index in [4.69, 9.17) is 18.9 Å². The van der Waals surface area contributed by atoms with Gasteiger partial charge in [0.2, 0.25) is 0 Å². The molecule has 4 atom stereocenters. The van der Waals surface area contributed by atoms with Crippen molar-refractivity contribution in [2.75, 3.05) is 45.8 Å². The molecule has 0 unspecified atom stereocenters. The summed E-state index contributed by atoms with van der Waals surface area (Å²) < 4.78 is 27.4. The van der Waals surface area contributed by atoms with Crippen molar-refractivity contribution in [2.45, 2.75) is 87.2 Å². The molecule has 18 nitrogen and oxygen atoms in total. The fraction of sp³-hybridized carbons (Fsp3) is 0.385. The third-order valence-corrected chi connectivity index (χ3v) is 16.9. The number of anilines is 1. The van der Waals surface area contributed by atoms with E-state index in [-0.39, 0.29) is 43.2 Å². The lowest BCUT2D eigenvalue weighted by Crippen LogP contribution is -2.66. The minimum Gasteiger partial charge on any atom is -0.497 e. The van der Waals surface area contributed by atoms with Gasteiger partial charge in [0.05, 0.1) is 33.2 Å². The molecule has 0 aliphatic carbocycles. The largest absolute Gasteiger partial charge is 0.497 e. The van der Waals surface area contributed by atoms with Gasteiger partial charge in [-0.3, -0.25) is 24.1 Å². The Hall–Kier alpha value is -6.69. The van der Waals surface area contributed by atoms with Crippen LogP contribution in [0.3, 0.4) is 0 Å². The first-order chi connectivity index (χ1) is 34.3. The minimum absolute atomic E-state index is 0.0402. The normalized spacial score (nSPS) is 19.1. The first-order valence-corrected chi connectivity index (χ1v) is 31.3. The molecule has 3 amide bonds. The number of fused-ring (bicyclic) bond motifs is 3. The molecule has 2 fully saturated rings. The molecular weight excluding hydrogens is 953 g/mol. The number of nitrogens with one attached hydrogen (secondary N) is 1. The number of methoxy groups -OCH3 is 2. The number of rotatable bonds is 20. The molecule has 4 aromatic carbocycles. The van der Waals surface area contributed by atoms with Gasteiger partial charge in [0, 0.05) is 41.3 Å². The molecular formula is C52H64N8O10Si2. The molecule has 6 aromatic rings. The molecule has 380 valence electrons. The maximum Gasteiger partial charge on any atom is 0.410 e. The van der Waals surface area contributed by atoms with Crippen molar-refractivity contribution >= 4 is 51.2 Å². The molecule has 2 saturated heterocycles. The number of nitrogens with zero attached hydrogens (tertiary/aromatic N) is 7. The summed E-state index contributed by atoms with van der Waals surface area (Å²) >= 11 is 0. The number of hydrogen-bond donors (Lipinski definition) is 4. The van der Waals surface area contributed by atoms with E-state index in [2.05, 4.69) is 59.6 Å². The van der Waals surface area contributed by atoms with E-state index in [0.717, 1.165) is 16.7 Å². The first-order valence-electron chi connectivity index (χ1n) is 23.9. The zero-order valence-electron chi connectivity index (χ0n) is 41.9. The van der Waals surface area contributed by atoms with Gasteiger partial charge < -0.3 is 39.6 Å². The number of ether oxygens (including phenoxy) is 4. The predicted octanol–water partition coefficient (Wildman–Crippen LogP) is 8.34. The fourth-order valence-corrected chi connectivity index (χ4v) is 11.4. The monoisotopic (exact) mass is 1020 g/mol. The third kappa shape index (κ3) is 10.5. The molecule has 4 N–H and O–H groups in total. The SMILES string of the molecule is COc1ccc(C(OC[C@@]23CN(C(N(CC[Si](C)(C)C)C(=O)O)N(CC[Si](C)(C)C)C(=O)O)[C@@H]([C@H](n4cnc5c(NC(=O)c6ccccc6)ncnc54)O2)[C@@H]3O)(c2ccccc2)c2ccc(OC)cc2)cc1. The van der Waals surface area contributed by atoms with Gasteiger partial charge in [-0.1, -0.05) is 112 Å². The zero-order chi connectivity index (χ0) is 51.6. The second-order valence-electron chi connectivity index (χ2n) is 20.8. The molecule has 4 heterocycles. The van der Waals surface area contributed by atoms with Gasteiger partial charge in [-0.25, -0.2) is 24.5 Å². The maximum atomic E-state index is 13.7. The summed E-state index contributed by atoms with van der Waals surface area (Å²) in [6.07, 6.45) is -3.84. The highest BCUT2D eigenvalue weighted by molar-refractivity contribution is 6.76. The number of amides is 3. The van der Waals surface area contributed by atoms with E-state index in [1.54, 1.807) is 54.0 Å². The van der Waals surface area contributed by atoms with Crippen molar-refractivity contribution in [3.8, 4) is 11.5 Å². The Kier molecular flexibility index (Phi) is 14.9. The van der Waals surface area contributed by atoms with Crippen LogP contribution < -0.4 is 14.8 Å². The average molecular weight is 1020 g/mol. The van der Waals surface area contributed by atoms with Crippen molar-refractivity contribution in [3.63, 3.8) is 0 Å². The van der Waals surface area contributed by atoms with Crippen molar-refractivity contribution in [1.29, 1.82) is 0 Å². The number of likely N-dealkylation sites (tertiary alicyclic amines) is 1. The Morgan fingerprint density at radius 1 is 0.764 bits per heavy atom. The van der Waals surface area contributed by atoms with E-state index < -0.39 is 70.1 Å². The highest BCUT2D eigenvalue weighted by Gasteiger charge is 2.67. The molecule has 0 spiro atoms. The second kappa shape index (κ2) is 20.8. The average Bonchev–Trinajstić information content (AvgIpc) is 4.01. The number of hydrogen-bond acceptors (Lipinski definition) is 12. The number of carbonyl (C=O) groups is 3. The van der Waals surface area contributed by atoms with Crippen molar-refractivity contribution in [2.24, 2.45) is 0 Å².